The first kappa shape index (κ1) is 16.8. The number of anilines is 1. The van der Waals surface area contributed by atoms with E-state index in [4.69, 9.17) is 0 Å². The Bertz CT molecular complexity index is 1060. The van der Waals surface area contributed by atoms with Crippen LogP contribution < -0.4 is 4.90 Å². The maximum absolute atomic E-state index is 13.5. The minimum atomic E-state index is -0.506. The van der Waals surface area contributed by atoms with Crippen LogP contribution in [0.2, 0.25) is 0 Å². The number of benzene rings is 3. The number of carbonyl (C=O) groups excluding carboxylic acids is 2. The summed E-state index contributed by atoms with van der Waals surface area (Å²) in [6, 6.07) is 24.9. The van der Waals surface area contributed by atoms with Crippen molar-refractivity contribution < 1.29 is 9.59 Å². The molecule has 3 aromatic carbocycles. The van der Waals surface area contributed by atoms with Gasteiger partial charge in [0.25, 0.3) is 11.8 Å². The number of nitrogens with zero attached hydrogens (tertiary/aromatic N) is 2. The molecule has 0 radical (unpaired) electrons. The number of amides is 2. The normalized spacial score (nSPS) is 20.5. The van der Waals surface area contributed by atoms with Crippen LogP contribution in [-0.2, 0) is 11.2 Å². The van der Waals surface area contributed by atoms with Gasteiger partial charge in [0.1, 0.15) is 12.2 Å². The molecule has 2 aliphatic heterocycles. The number of aryl methyl sites for hydroxylation is 1. The zero-order valence-electron chi connectivity index (χ0n) is 15.6. The van der Waals surface area contributed by atoms with Crippen molar-refractivity contribution in [3.8, 4) is 0 Å². The first-order valence-corrected chi connectivity index (χ1v) is 9.50. The molecule has 0 spiro atoms. The van der Waals surface area contributed by atoms with E-state index in [1.807, 2.05) is 85.8 Å². The first-order chi connectivity index (χ1) is 13.6. The second-order valence-corrected chi connectivity index (χ2v) is 7.42. The summed E-state index contributed by atoms with van der Waals surface area (Å²) in [5.41, 5.74) is 4.60. The fraction of sp³-hybridized carbons (Fsp3) is 0.167. The number of carbonyl (C=O) groups is 2. The molecule has 138 valence electrons. The predicted molar refractivity (Wildman–Crippen MR) is 108 cm³/mol. The van der Waals surface area contributed by atoms with E-state index in [2.05, 4.69) is 0 Å². The molecule has 1 fully saturated rings. The number of hydrogen-bond acceptors (Lipinski definition) is 2. The Labute approximate surface area is 164 Å². The molecule has 4 nitrogen and oxygen atoms in total. The zero-order valence-corrected chi connectivity index (χ0v) is 15.6. The Morgan fingerprint density at radius 1 is 0.821 bits per heavy atom. The maximum Gasteiger partial charge on any atom is 0.256 e. The largest absolute Gasteiger partial charge is 0.301 e. The molecule has 1 saturated heterocycles. The van der Waals surface area contributed by atoms with Crippen molar-refractivity contribution in [1.82, 2.24) is 4.90 Å². The van der Waals surface area contributed by atoms with Crippen molar-refractivity contribution in [2.45, 2.75) is 25.6 Å². The average molecular weight is 368 g/mol. The van der Waals surface area contributed by atoms with Crippen LogP contribution in [0.1, 0.15) is 33.2 Å². The SMILES string of the molecule is Cc1ccc(N2C(=O)C(Cc3ccccc3)N3C(=O)c4ccccc4C23)cc1. The van der Waals surface area contributed by atoms with E-state index in [1.165, 1.54) is 0 Å². The highest BCUT2D eigenvalue weighted by Gasteiger charge is 2.54. The lowest BCUT2D eigenvalue weighted by atomic mass is 10.0. The molecule has 28 heavy (non-hydrogen) atoms. The van der Waals surface area contributed by atoms with Gasteiger partial charge in [-0.3, -0.25) is 14.5 Å². The van der Waals surface area contributed by atoms with Crippen molar-refractivity contribution in [3.05, 3.63) is 101 Å². The molecule has 4 heteroatoms. The van der Waals surface area contributed by atoms with Gasteiger partial charge in [0.15, 0.2) is 0 Å². The smallest absolute Gasteiger partial charge is 0.256 e. The Hall–Kier alpha value is -3.40. The first-order valence-electron chi connectivity index (χ1n) is 9.50. The van der Waals surface area contributed by atoms with Crippen molar-refractivity contribution in [2.24, 2.45) is 0 Å². The molecule has 3 aromatic rings. The molecule has 0 N–H and O–H groups in total. The fourth-order valence-corrected chi connectivity index (χ4v) is 4.29. The minimum Gasteiger partial charge on any atom is -0.301 e. The van der Waals surface area contributed by atoms with Crippen LogP contribution in [0.15, 0.2) is 78.9 Å². The highest BCUT2D eigenvalue weighted by molar-refractivity contribution is 6.10. The predicted octanol–water partition coefficient (Wildman–Crippen LogP) is 4.11. The fourth-order valence-electron chi connectivity index (χ4n) is 4.29. The standard InChI is InChI=1S/C24H20N2O2/c1-16-11-13-18(14-12-16)25-22-19-9-5-6-10-20(19)23(27)26(22)21(24(25)28)15-17-7-3-2-4-8-17/h2-14,21-22H,15H2,1H3. The van der Waals surface area contributed by atoms with E-state index in [0.29, 0.717) is 12.0 Å². The molecule has 0 saturated carbocycles. The van der Waals surface area contributed by atoms with E-state index in [9.17, 15) is 9.59 Å². The van der Waals surface area contributed by atoms with Crippen LogP contribution in [-0.4, -0.2) is 22.8 Å². The van der Waals surface area contributed by atoms with E-state index in [0.717, 1.165) is 22.4 Å². The van der Waals surface area contributed by atoms with Crippen LogP contribution in [0.3, 0.4) is 0 Å². The lowest BCUT2D eigenvalue weighted by molar-refractivity contribution is -0.119. The molecule has 0 bridgehead atoms. The molecule has 5 rings (SSSR count). The van der Waals surface area contributed by atoms with Gasteiger partial charge in [-0.05, 0) is 30.7 Å². The van der Waals surface area contributed by atoms with Gasteiger partial charge in [0.05, 0.1) is 0 Å². The third kappa shape index (κ3) is 2.45. The molecule has 2 unspecified atom stereocenters. The number of hydrogen-bond donors (Lipinski definition) is 0. The van der Waals surface area contributed by atoms with Crippen LogP contribution >= 0.6 is 0 Å². The summed E-state index contributed by atoms with van der Waals surface area (Å²) < 4.78 is 0. The highest BCUT2D eigenvalue weighted by Crippen LogP contribution is 2.45. The summed E-state index contributed by atoms with van der Waals surface area (Å²) in [6.45, 7) is 2.02. The summed E-state index contributed by atoms with van der Waals surface area (Å²) in [7, 11) is 0. The molecule has 0 aromatic heterocycles. The van der Waals surface area contributed by atoms with Crippen LogP contribution in [0.4, 0.5) is 5.69 Å². The van der Waals surface area contributed by atoms with Gasteiger partial charge in [-0.2, -0.15) is 0 Å². The quantitative estimate of drug-likeness (QED) is 0.698. The van der Waals surface area contributed by atoms with E-state index < -0.39 is 6.04 Å². The number of rotatable bonds is 3. The monoisotopic (exact) mass is 368 g/mol. The van der Waals surface area contributed by atoms with E-state index in [1.54, 1.807) is 9.80 Å². The third-order valence-electron chi connectivity index (χ3n) is 5.65. The van der Waals surface area contributed by atoms with Crippen molar-refractivity contribution in [1.29, 1.82) is 0 Å². The lowest BCUT2D eigenvalue weighted by Gasteiger charge is -2.25. The Balaban J connectivity index is 1.62. The van der Waals surface area contributed by atoms with Gasteiger partial charge in [0, 0.05) is 23.2 Å². The lowest BCUT2D eigenvalue weighted by Crippen LogP contribution is -2.37. The average Bonchev–Trinajstić information content (AvgIpc) is 3.17. The minimum absolute atomic E-state index is 0.0273. The third-order valence-corrected chi connectivity index (χ3v) is 5.65. The summed E-state index contributed by atoms with van der Waals surface area (Å²) >= 11 is 0. The molecule has 2 heterocycles. The molecule has 0 aliphatic carbocycles. The Kier molecular flexibility index (Phi) is 3.79. The van der Waals surface area contributed by atoms with Crippen molar-refractivity contribution in [3.63, 3.8) is 0 Å². The van der Waals surface area contributed by atoms with Crippen molar-refractivity contribution in [2.75, 3.05) is 4.90 Å². The Morgan fingerprint density at radius 3 is 2.25 bits per heavy atom. The zero-order chi connectivity index (χ0) is 19.3. The Morgan fingerprint density at radius 2 is 1.50 bits per heavy atom. The van der Waals surface area contributed by atoms with Gasteiger partial charge in [0.2, 0.25) is 0 Å². The van der Waals surface area contributed by atoms with Crippen LogP contribution in [0, 0.1) is 6.92 Å². The van der Waals surface area contributed by atoms with Crippen LogP contribution in [0.25, 0.3) is 0 Å². The second-order valence-electron chi connectivity index (χ2n) is 7.42. The molecular formula is C24H20N2O2. The molecule has 2 amide bonds. The maximum atomic E-state index is 13.5. The van der Waals surface area contributed by atoms with Crippen LogP contribution in [0.5, 0.6) is 0 Å². The second kappa shape index (κ2) is 6.34. The summed E-state index contributed by atoms with van der Waals surface area (Å²) in [5, 5.41) is 0. The van der Waals surface area contributed by atoms with Gasteiger partial charge in [-0.25, -0.2) is 0 Å². The summed E-state index contributed by atoms with van der Waals surface area (Å²) in [6.07, 6.45) is 0.130. The summed E-state index contributed by atoms with van der Waals surface area (Å²) in [4.78, 5) is 30.3. The van der Waals surface area contributed by atoms with Gasteiger partial charge >= 0.3 is 0 Å². The highest BCUT2D eigenvalue weighted by atomic mass is 16.2. The van der Waals surface area contributed by atoms with E-state index in [-0.39, 0.29) is 18.0 Å². The van der Waals surface area contributed by atoms with Gasteiger partial charge < -0.3 is 4.90 Å². The van der Waals surface area contributed by atoms with Gasteiger partial charge in [-0.1, -0.05) is 66.2 Å². The topological polar surface area (TPSA) is 40.6 Å². The molecule has 2 atom stereocenters. The molecular weight excluding hydrogens is 348 g/mol. The van der Waals surface area contributed by atoms with Gasteiger partial charge in [-0.15, -0.1) is 0 Å². The van der Waals surface area contributed by atoms with Crippen molar-refractivity contribution >= 4 is 17.5 Å². The summed E-state index contributed by atoms with van der Waals surface area (Å²) in [5.74, 6) is -0.0925. The van der Waals surface area contributed by atoms with E-state index >= 15 is 0 Å². The molecule has 2 aliphatic rings. The number of fused-ring (bicyclic) bond motifs is 3.